The minimum atomic E-state index is 0.550. The highest BCUT2D eigenvalue weighted by Gasteiger charge is 2.29. The van der Waals surface area contributed by atoms with Crippen molar-refractivity contribution >= 4 is 5.84 Å². The Morgan fingerprint density at radius 2 is 2.14 bits per heavy atom. The molecule has 0 saturated carbocycles. The van der Waals surface area contributed by atoms with Crippen molar-refractivity contribution in [3.63, 3.8) is 0 Å². The van der Waals surface area contributed by atoms with Gasteiger partial charge in [-0.25, -0.2) is 0 Å². The first-order chi connectivity index (χ1) is 6.79. The summed E-state index contributed by atoms with van der Waals surface area (Å²) in [5.41, 5.74) is 0. The molecule has 3 heteroatoms. The second kappa shape index (κ2) is 4.30. The van der Waals surface area contributed by atoms with Crippen molar-refractivity contribution in [2.24, 2.45) is 5.92 Å². The Bertz CT molecular complexity index is 211. The Morgan fingerprint density at radius 1 is 1.43 bits per heavy atom. The predicted octanol–water partition coefficient (Wildman–Crippen LogP) is 1.87. The van der Waals surface area contributed by atoms with Gasteiger partial charge in [0, 0.05) is 32.2 Å². The average Bonchev–Trinajstić information content (AvgIpc) is 2.65. The molecule has 2 fully saturated rings. The molecule has 0 aliphatic carbocycles. The van der Waals surface area contributed by atoms with E-state index < -0.39 is 0 Å². The number of nitrogens with one attached hydrogen (secondary N) is 1. The second-order valence-electron chi connectivity index (χ2n) is 4.43. The molecule has 1 atom stereocenters. The Labute approximate surface area is 85.9 Å². The molecule has 80 valence electrons. The predicted molar refractivity (Wildman–Crippen MR) is 56.7 cm³/mol. The molecule has 0 radical (unpaired) electrons. The van der Waals surface area contributed by atoms with Gasteiger partial charge >= 0.3 is 0 Å². The number of rotatable bonds is 2. The van der Waals surface area contributed by atoms with Crippen LogP contribution in [0, 0.1) is 11.3 Å². The maximum absolute atomic E-state index is 7.85. The number of nitrogens with zero attached hydrogens (tertiary/aromatic N) is 1. The minimum Gasteiger partial charge on any atom is -0.381 e. The molecule has 2 saturated heterocycles. The molecule has 0 aromatic carbocycles. The van der Waals surface area contributed by atoms with Gasteiger partial charge in [-0.1, -0.05) is 0 Å². The summed E-state index contributed by atoms with van der Waals surface area (Å²) in [4.78, 5) is 2.29. The molecule has 0 spiro atoms. The van der Waals surface area contributed by atoms with Gasteiger partial charge in [-0.2, -0.15) is 0 Å². The lowest BCUT2D eigenvalue weighted by molar-refractivity contribution is 0.0447. The zero-order valence-corrected chi connectivity index (χ0v) is 8.96. The van der Waals surface area contributed by atoms with Gasteiger partial charge in [-0.3, -0.25) is 5.41 Å². The van der Waals surface area contributed by atoms with Crippen LogP contribution in [0.25, 0.3) is 0 Å². The smallest absolute Gasteiger partial charge is 0.0960 e. The normalized spacial score (nSPS) is 26.9. The van der Waals surface area contributed by atoms with Crippen LogP contribution in [-0.4, -0.2) is 36.5 Å². The highest BCUT2D eigenvalue weighted by molar-refractivity contribution is 5.81. The van der Waals surface area contributed by atoms with Crippen molar-refractivity contribution in [2.45, 2.75) is 38.6 Å². The van der Waals surface area contributed by atoms with E-state index in [-0.39, 0.29) is 0 Å². The summed E-state index contributed by atoms with van der Waals surface area (Å²) in [7, 11) is 0. The molecule has 0 aromatic heterocycles. The Morgan fingerprint density at radius 3 is 2.71 bits per heavy atom. The Kier molecular flexibility index (Phi) is 3.06. The van der Waals surface area contributed by atoms with E-state index in [9.17, 15) is 0 Å². The monoisotopic (exact) mass is 196 g/mol. The molecule has 1 unspecified atom stereocenters. The van der Waals surface area contributed by atoms with Crippen LogP contribution in [0.2, 0.25) is 0 Å². The van der Waals surface area contributed by atoms with Crippen LogP contribution in [0.5, 0.6) is 0 Å². The van der Waals surface area contributed by atoms with E-state index in [0.29, 0.717) is 6.04 Å². The Hall–Kier alpha value is -0.570. The highest BCUT2D eigenvalue weighted by Crippen LogP contribution is 2.25. The van der Waals surface area contributed by atoms with E-state index >= 15 is 0 Å². The third-order valence-corrected chi connectivity index (χ3v) is 3.60. The van der Waals surface area contributed by atoms with E-state index in [4.69, 9.17) is 10.1 Å². The molecule has 2 heterocycles. The summed E-state index contributed by atoms with van der Waals surface area (Å²) in [6.45, 7) is 5.19. The first-order valence-electron chi connectivity index (χ1n) is 5.71. The molecule has 1 N–H and O–H groups in total. The third-order valence-electron chi connectivity index (χ3n) is 3.60. The third kappa shape index (κ3) is 1.92. The molecule has 2 rings (SSSR count). The Balaban J connectivity index is 1.92. The van der Waals surface area contributed by atoms with Crippen molar-refractivity contribution < 1.29 is 4.74 Å². The SMILES string of the molecule is CC(C1CCOCC1)N1CCCC1=N. The fraction of sp³-hybridized carbons (Fsp3) is 0.909. The lowest BCUT2D eigenvalue weighted by atomic mass is 9.92. The van der Waals surface area contributed by atoms with Crippen molar-refractivity contribution in [2.75, 3.05) is 19.8 Å². The fourth-order valence-corrected chi connectivity index (χ4v) is 2.60. The topological polar surface area (TPSA) is 36.3 Å². The van der Waals surface area contributed by atoms with Crippen molar-refractivity contribution in [1.29, 1.82) is 5.41 Å². The molecule has 14 heavy (non-hydrogen) atoms. The van der Waals surface area contributed by atoms with E-state index in [2.05, 4.69) is 11.8 Å². The summed E-state index contributed by atoms with van der Waals surface area (Å²) >= 11 is 0. The summed E-state index contributed by atoms with van der Waals surface area (Å²) in [6.07, 6.45) is 4.50. The lowest BCUT2D eigenvalue weighted by Gasteiger charge is -2.35. The van der Waals surface area contributed by atoms with Crippen molar-refractivity contribution in [1.82, 2.24) is 4.90 Å². The molecular weight excluding hydrogens is 176 g/mol. The molecule has 0 bridgehead atoms. The first kappa shape index (κ1) is 9.97. The summed E-state index contributed by atoms with van der Waals surface area (Å²) < 4.78 is 5.37. The van der Waals surface area contributed by atoms with Gasteiger partial charge in [-0.05, 0) is 32.1 Å². The van der Waals surface area contributed by atoms with Crippen LogP contribution in [0.4, 0.5) is 0 Å². The number of ether oxygens (including phenoxy) is 1. The molecule has 2 aliphatic heterocycles. The quantitative estimate of drug-likeness (QED) is 0.732. The van der Waals surface area contributed by atoms with Gasteiger partial charge in [0.25, 0.3) is 0 Å². The number of hydrogen-bond donors (Lipinski definition) is 1. The second-order valence-corrected chi connectivity index (χ2v) is 4.43. The summed E-state index contributed by atoms with van der Waals surface area (Å²) in [5.74, 6) is 1.59. The van der Waals surface area contributed by atoms with Gasteiger partial charge in [-0.15, -0.1) is 0 Å². The zero-order chi connectivity index (χ0) is 9.97. The zero-order valence-electron chi connectivity index (χ0n) is 8.96. The lowest BCUT2D eigenvalue weighted by Crippen LogP contribution is -2.41. The van der Waals surface area contributed by atoms with E-state index in [0.717, 1.165) is 37.9 Å². The van der Waals surface area contributed by atoms with Crippen LogP contribution in [0.15, 0.2) is 0 Å². The summed E-state index contributed by atoms with van der Waals surface area (Å²) in [5, 5.41) is 7.85. The largest absolute Gasteiger partial charge is 0.381 e. The van der Waals surface area contributed by atoms with Crippen LogP contribution >= 0.6 is 0 Å². The van der Waals surface area contributed by atoms with Crippen LogP contribution in [-0.2, 0) is 4.74 Å². The van der Waals surface area contributed by atoms with E-state index in [1.807, 2.05) is 0 Å². The van der Waals surface area contributed by atoms with Crippen molar-refractivity contribution in [3.05, 3.63) is 0 Å². The standard InChI is InChI=1S/C11H20N2O/c1-9(10-4-7-14-8-5-10)13-6-2-3-11(13)12/h9-10,12H,2-8H2,1H3. The maximum Gasteiger partial charge on any atom is 0.0960 e. The van der Waals surface area contributed by atoms with Gasteiger partial charge < -0.3 is 9.64 Å². The highest BCUT2D eigenvalue weighted by atomic mass is 16.5. The maximum atomic E-state index is 7.85. The van der Waals surface area contributed by atoms with Crippen LogP contribution in [0.3, 0.4) is 0 Å². The van der Waals surface area contributed by atoms with E-state index in [1.165, 1.54) is 19.3 Å². The van der Waals surface area contributed by atoms with Gasteiger partial charge in [0.05, 0.1) is 5.84 Å². The summed E-state index contributed by atoms with van der Waals surface area (Å²) in [6, 6.07) is 0.550. The average molecular weight is 196 g/mol. The number of likely N-dealkylation sites (tertiary alicyclic amines) is 1. The van der Waals surface area contributed by atoms with Gasteiger partial charge in [0.1, 0.15) is 0 Å². The van der Waals surface area contributed by atoms with Crippen LogP contribution < -0.4 is 0 Å². The number of hydrogen-bond acceptors (Lipinski definition) is 2. The van der Waals surface area contributed by atoms with Gasteiger partial charge in [0.15, 0.2) is 0 Å². The number of amidine groups is 1. The fourth-order valence-electron chi connectivity index (χ4n) is 2.60. The van der Waals surface area contributed by atoms with Crippen LogP contribution in [0.1, 0.15) is 32.6 Å². The molecular formula is C11H20N2O. The van der Waals surface area contributed by atoms with E-state index in [1.54, 1.807) is 0 Å². The molecule has 0 amide bonds. The molecule has 3 nitrogen and oxygen atoms in total. The van der Waals surface area contributed by atoms with Gasteiger partial charge in [0.2, 0.25) is 0 Å². The molecule has 2 aliphatic rings. The van der Waals surface area contributed by atoms with Crippen molar-refractivity contribution in [3.8, 4) is 0 Å². The first-order valence-corrected chi connectivity index (χ1v) is 5.71. The minimum absolute atomic E-state index is 0.550. The molecule has 0 aromatic rings.